The number of carbonyl (C=O) groups is 1. The molecule has 1 aromatic carbocycles. The van der Waals surface area contributed by atoms with Crippen LogP contribution >= 0.6 is 22.0 Å². The molecule has 8 heteroatoms. The van der Waals surface area contributed by atoms with Crippen molar-refractivity contribution in [1.29, 1.82) is 0 Å². The zero-order valence-corrected chi connectivity index (χ0v) is 14.1. The van der Waals surface area contributed by atoms with Crippen LogP contribution in [0.2, 0.25) is 0 Å². The molecule has 3 rings (SSSR count). The average Bonchev–Trinajstić information content (AvgIpc) is 3.02. The summed E-state index contributed by atoms with van der Waals surface area (Å²) >= 11 is 1.38. The van der Waals surface area contributed by atoms with Gasteiger partial charge in [0.2, 0.25) is 15.0 Å². The summed E-state index contributed by atoms with van der Waals surface area (Å²) in [7, 11) is 1.62. The van der Waals surface area contributed by atoms with Crippen LogP contribution in [0.5, 0.6) is 0 Å². The maximum atomic E-state index is 12.1. The van der Waals surface area contributed by atoms with Crippen molar-refractivity contribution >= 4 is 42.1 Å². The van der Waals surface area contributed by atoms with Crippen LogP contribution in [-0.2, 0) is 13.8 Å². The number of anilines is 1. The molecule has 0 saturated carbocycles. The Morgan fingerprint density at radius 1 is 1.32 bits per heavy atom. The molecule has 0 spiro atoms. The Labute approximate surface area is 137 Å². The van der Waals surface area contributed by atoms with E-state index in [1.165, 1.54) is 16.2 Å². The van der Waals surface area contributed by atoms with Gasteiger partial charge in [-0.15, -0.1) is 11.3 Å². The van der Waals surface area contributed by atoms with Gasteiger partial charge >= 0.3 is 0 Å². The smallest absolute Gasteiger partial charge is 0.237 e. The topological polar surface area (TPSA) is 67.3 Å². The summed E-state index contributed by atoms with van der Waals surface area (Å²) in [5.74, 6) is -0.261. The number of hydrogen-bond donors (Lipinski definition) is 0. The molecule has 1 aliphatic rings. The quantitative estimate of drug-likeness (QED) is 0.793. The predicted octanol–water partition coefficient (Wildman–Crippen LogP) is 2.79. The predicted molar refractivity (Wildman–Crippen MR) is 87.8 cm³/mol. The number of amides is 1. The van der Waals surface area contributed by atoms with Crippen molar-refractivity contribution in [3.05, 3.63) is 35.2 Å². The number of rotatable bonds is 3. The molecule has 0 N–H and O–H groups in total. The van der Waals surface area contributed by atoms with Crippen molar-refractivity contribution in [2.45, 2.75) is 18.6 Å². The van der Waals surface area contributed by atoms with Crippen molar-refractivity contribution in [3.8, 4) is 11.3 Å². The first-order valence-corrected chi connectivity index (χ1v) is 9.82. The molecule has 2 aromatic rings. The van der Waals surface area contributed by atoms with E-state index in [1.807, 2.05) is 37.3 Å². The molecular formula is C14H13ClN2O3S2. The first-order valence-electron chi connectivity index (χ1n) is 6.63. The van der Waals surface area contributed by atoms with Gasteiger partial charge in [0.05, 0.1) is 5.69 Å². The number of aromatic nitrogens is 1. The standard InChI is InChI=1S/C14H13ClN2O3S2/c1-9-13(10-5-3-2-4-6-10)16-14(21-9)17-8-11(7-12(17)18)22(15,19)20/h2-6,11H,7-8H2,1H3. The van der Waals surface area contributed by atoms with Gasteiger partial charge in [-0.05, 0) is 6.92 Å². The molecule has 1 amide bonds. The fourth-order valence-corrected chi connectivity index (χ4v) is 4.39. The van der Waals surface area contributed by atoms with E-state index >= 15 is 0 Å². The van der Waals surface area contributed by atoms with Gasteiger partial charge in [0.15, 0.2) is 5.13 Å². The fourth-order valence-electron chi connectivity index (χ4n) is 2.41. The number of carbonyl (C=O) groups excluding carboxylic acids is 1. The van der Waals surface area contributed by atoms with Crippen LogP contribution in [-0.4, -0.2) is 31.1 Å². The molecule has 0 bridgehead atoms. The molecule has 116 valence electrons. The van der Waals surface area contributed by atoms with Gasteiger partial charge in [-0.3, -0.25) is 9.69 Å². The minimum absolute atomic E-state index is 0.0614. The number of thiazole rings is 1. The SMILES string of the molecule is Cc1sc(N2CC(S(=O)(=O)Cl)CC2=O)nc1-c1ccccc1. The van der Waals surface area contributed by atoms with Gasteiger partial charge in [-0.25, -0.2) is 13.4 Å². The van der Waals surface area contributed by atoms with E-state index in [0.717, 1.165) is 16.1 Å². The third-order valence-corrected chi connectivity index (χ3v) is 6.41. The molecule has 1 aromatic heterocycles. The Morgan fingerprint density at radius 3 is 2.59 bits per heavy atom. The lowest BCUT2D eigenvalue weighted by atomic mass is 10.1. The molecular weight excluding hydrogens is 344 g/mol. The monoisotopic (exact) mass is 356 g/mol. The normalized spacial score (nSPS) is 18.9. The summed E-state index contributed by atoms with van der Waals surface area (Å²) in [4.78, 5) is 19.0. The van der Waals surface area contributed by atoms with Crippen LogP contribution in [0.15, 0.2) is 30.3 Å². The fraction of sp³-hybridized carbons (Fsp3) is 0.286. The van der Waals surface area contributed by atoms with Gasteiger partial charge in [-0.2, -0.15) is 0 Å². The van der Waals surface area contributed by atoms with E-state index in [-0.39, 0.29) is 18.9 Å². The highest BCUT2D eigenvalue weighted by molar-refractivity contribution is 8.14. The van der Waals surface area contributed by atoms with Gasteiger partial charge < -0.3 is 0 Å². The number of aryl methyl sites for hydroxylation is 1. The highest BCUT2D eigenvalue weighted by Crippen LogP contribution is 2.35. The maximum absolute atomic E-state index is 12.1. The second-order valence-corrected chi connectivity index (χ2v) is 9.16. The molecule has 0 radical (unpaired) electrons. The van der Waals surface area contributed by atoms with Crippen LogP contribution < -0.4 is 4.90 Å². The lowest BCUT2D eigenvalue weighted by Crippen LogP contribution is -2.26. The molecule has 2 heterocycles. The highest BCUT2D eigenvalue weighted by Gasteiger charge is 2.39. The molecule has 5 nitrogen and oxygen atoms in total. The number of nitrogens with zero attached hydrogens (tertiary/aromatic N) is 2. The summed E-state index contributed by atoms with van der Waals surface area (Å²) in [5.41, 5.74) is 1.78. The third kappa shape index (κ3) is 2.88. The minimum atomic E-state index is -3.75. The molecule has 0 aliphatic carbocycles. The van der Waals surface area contributed by atoms with Gasteiger partial charge in [0, 0.05) is 34.1 Å². The summed E-state index contributed by atoms with van der Waals surface area (Å²) in [6.07, 6.45) is -0.0921. The summed E-state index contributed by atoms with van der Waals surface area (Å²) in [6.45, 7) is 1.99. The Kier molecular flexibility index (Phi) is 3.96. The van der Waals surface area contributed by atoms with E-state index in [0.29, 0.717) is 5.13 Å². The Morgan fingerprint density at radius 2 is 2.00 bits per heavy atom. The minimum Gasteiger partial charge on any atom is -0.287 e. The van der Waals surface area contributed by atoms with Crippen molar-refractivity contribution in [3.63, 3.8) is 0 Å². The van der Waals surface area contributed by atoms with Crippen molar-refractivity contribution in [2.24, 2.45) is 0 Å². The van der Waals surface area contributed by atoms with E-state index in [1.54, 1.807) is 0 Å². The first kappa shape index (κ1) is 15.5. The number of benzene rings is 1. The van der Waals surface area contributed by atoms with Crippen LogP contribution in [0.1, 0.15) is 11.3 Å². The third-order valence-electron chi connectivity index (χ3n) is 3.55. The summed E-state index contributed by atoms with van der Waals surface area (Å²) < 4.78 is 22.8. The van der Waals surface area contributed by atoms with E-state index in [2.05, 4.69) is 4.98 Å². The van der Waals surface area contributed by atoms with Crippen molar-refractivity contribution < 1.29 is 13.2 Å². The Balaban J connectivity index is 1.93. The Bertz CT molecular complexity index is 818. The average molecular weight is 357 g/mol. The summed E-state index contributed by atoms with van der Waals surface area (Å²) in [6, 6.07) is 9.66. The zero-order chi connectivity index (χ0) is 15.9. The molecule has 22 heavy (non-hydrogen) atoms. The number of halogens is 1. The second kappa shape index (κ2) is 5.64. The van der Waals surface area contributed by atoms with Gasteiger partial charge in [0.1, 0.15) is 5.25 Å². The molecule has 1 aliphatic heterocycles. The van der Waals surface area contributed by atoms with Crippen molar-refractivity contribution in [1.82, 2.24) is 4.98 Å². The van der Waals surface area contributed by atoms with Crippen LogP contribution in [0.25, 0.3) is 11.3 Å². The molecule has 1 saturated heterocycles. The Hall–Kier alpha value is -1.44. The van der Waals surface area contributed by atoms with E-state index in [9.17, 15) is 13.2 Å². The van der Waals surface area contributed by atoms with Crippen LogP contribution in [0, 0.1) is 6.92 Å². The zero-order valence-electron chi connectivity index (χ0n) is 11.7. The van der Waals surface area contributed by atoms with Crippen molar-refractivity contribution in [2.75, 3.05) is 11.4 Å². The highest BCUT2D eigenvalue weighted by atomic mass is 35.7. The number of hydrogen-bond acceptors (Lipinski definition) is 5. The van der Waals surface area contributed by atoms with Gasteiger partial charge in [0.25, 0.3) is 0 Å². The molecule has 1 fully saturated rings. The van der Waals surface area contributed by atoms with E-state index < -0.39 is 14.3 Å². The lowest BCUT2D eigenvalue weighted by molar-refractivity contribution is -0.117. The second-order valence-electron chi connectivity index (χ2n) is 5.07. The molecule has 1 atom stereocenters. The molecule has 1 unspecified atom stereocenters. The van der Waals surface area contributed by atoms with Crippen LogP contribution in [0.3, 0.4) is 0 Å². The van der Waals surface area contributed by atoms with E-state index in [4.69, 9.17) is 10.7 Å². The largest absolute Gasteiger partial charge is 0.287 e. The van der Waals surface area contributed by atoms with Gasteiger partial charge in [-0.1, -0.05) is 30.3 Å². The summed E-state index contributed by atoms with van der Waals surface area (Å²) in [5, 5.41) is -0.352. The van der Waals surface area contributed by atoms with Crippen LogP contribution in [0.4, 0.5) is 5.13 Å². The first-order chi connectivity index (χ1) is 10.4. The lowest BCUT2D eigenvalue weighted by Gasteiger charge is -2.11. The maximum Gasteiger partial charge on any atom is 0.237 e.